The van der Waals surface area contributed by atoms with E-state index in [9.17, 15) is 9.59 Å². The number of fused-ring (bicyclic) bond motifs is 1. The van der Waals surface area contributed by atoms with Gasteiger partial charge in [0, 0.05) is 10.2 Å². The molecule has 1 aliphatic rings. The Morgan fingerprint density at radius 3 is 2.76 bits per heavy atom. The summed E-state index contributed by atoms with van der Waals surface area (Å²) in [6, 6.07) is 12.5. The van der Waals surface area contributed by atoms with Crippen LogP contribution in [-0.2, 0) is 14.3 Å². The summed E-state index contributed by atoms with van der Waals surface area (Å²) < 4.78 is 16.9. The third-order valence-electron chi connectivity index (χ3n) is 3.58. The number of para-hydroxylation sites is 2. The lowest BCUT2D eigenvalue weighted by molar-refractivity contribution is -0.156. The predicted octanol–water partition coefficient (Wildman–Crippen LogP) is 3.08. The lowest BCUT2D eigenvalue weighted by atomic mass is 10.2. The van der Waals surface area contributed by atoms with E-state index in [1.54, 1.807) is 24.3 Å². The number of hydrogen-bond donors (Lipinski definition) is 1. The van der Waals surface area contributed by atoms with Crippen molar-refractivity contribution in [3.05, 3.63) is 52.5 Å². The Morgan fingerprint density at radius 2 is 2.00 bits per heavy atom. The number of nitrogens with one attached hydrogen (secondary N) is 1. The van der Waals surface area contributed by atoms with Crippen molar-refractivity contribution in [3.63, 3.8) is 0 Å². The van der Waals surface area contributed by atoms with Gasteiger partial charge in [0.15, 0.2) is 18.1 Å². The summed E-state index contributed by atoms with van der Waals surface area (Å²) >= 11 is 3.36. The predicted molar refractivity (Wildman–Crippen MR) is 94.8 cm³/mol. The standard InChI is InChI=1S/C18H16BrNO5/c1-11-8-12(19)6-7-13(11)20-17(21)10-24-18(22)16-9-23-14-4-2-3-5-15(14)25-16/h2-8,16H,9-10H2,1H3,(H,20,21)/t16-/m1/s1. The zero-order valence-electron chi connectivity index (χ0n) is 13.5. The molecular weight excluding hydrogens is 390 g/mol. The zero-order valence-corrected chi connectivity index (χ0v) is 15.0. The monoisotopic (exact) mass is 405 g/mol. The molecule has 1 amide bonds. The highest BCUT2D eigenvalue weighted by Crippen LogP contribution is 2.31. The molecule has 1 N–H and O–H groups in total. The Hall–Kier alpha value is -2.54. The van der Waals surface area contributed by atoms with Crippen molar-refractivity contribution in [2.75, 3.05) is 18.5 Å². The molecule has 1 heterocycles. The van der Waals surface area contributed by atoms with Gasteiger partial charge in [0.1, 0.15) is 6.61 Å². The number of carbonyl (C=O) groups excluding carboxylic acids is 2. The molecule has 1 aliphatic heterocycles. The number of hydrogen-bond acceptors (Lipinski definition) is 5. The maximum Gasteiger partial charge on any atom is 0.351 e. The van der Waals surface area contributed by atoms with Gasteiger partial charge in [-0.3, -0.25) is 4.79 Å². The van der Waals surface area contributed by atoms with E-state index < -0.39 is 24.6 Å². The first-order chi connectivity index (χ1) is 12.0. The first kappa shape index (κ1) is 17.3. The molecule has 0 radical (unpaired) electrons. The molecule has 130 valence electrons. The van der Waals surface area contributed by atoms with Crippen LogP contribution in [0.5, 0.6) is 11.5 Å². The summed E-state index contributed by atoms with van der Waals surface area (Å²) in [6.07, 6.45) is -0.892. The molecule has 1 atom stereocenters. The van der Waals surface area contributed by atoms with Crippen molar-refractivity contribution in [1.29, 1.82) is 0 Å². The maximum absolute atomic E-state index is 12.1. The van der Waals surface area contributed by atoms with Crippen molar-refractivity contribution in [2.45, 2.75) is 13.0 Å². The molecular formula is C18H16BrNO5. The minimum atomic E-state index is -0.892. The summed E-state index contributed by atoms with van der Waals surface area (Å²) in [7, 11) is 0. The normalized spacial score (nSPS) is 15.4. The molecule has 2 aromatic rings. The number of anilines is 1. The van der Waals surface area contributed by atoms with Gasteiger partial charge in [-0.2, -0.15) is 0 Å². The van der Waals surface area contributed by atoms with E-state index >= 15 is 0 Å². The molecule has 2 aromatic carbocycles. The van der Waals surface area contributed by atoms with Gasteiger partial charge in [-0.05, 0) is 42.8 Å². The number of esters is 1. The summed E-state index contributed by atoms with van der Waals surface area (Å²) in [5.74, 6) is -0.00581. The van der Waals surface area contributed by atoms with Gasteiger partial charge < -0.3 is 19.5 Å². The number of benzene rings is 2. The van der Waals surface area contributed by atoms with Crippen molar-refractivity contribution < 1.29 is 23.8 Å². The first-order valence-electron chi connectivity index (χ1n) is 7.64. The van der Waals surface area contributed by atoms with Gasteiger partial charge in [-0.25, -0.2) is 4.79 Å². The largest absolute Gasteiger partial charge is 0.485 e. The lowest BCUT2D eigenvalue weighted by Gasteiger charge is -2.24. The highest BCUT2D eigenvalue weighted by molar-refractivity contribution is 9.10. The van der Waals surface area contributed by atoms with Crippen molar-refractivity contribution in [1.82, 2.24) is 0 Å². The fourth-order valence-electron chi connectivity index (χ4n) is 2.32. The highest BCUT2D eigenvalue weighted by atomic mass is 79.9. The van der Waals surface area contributed by atoms with Gasteiger partial charge >= 0.3 is 5.97 Å². The Balaban J connectivity index is 1.51. The van der Waals surface area contributed by atoms with Crippen LogP contribution in [0.15, 0.2) is 46.9 Å². The van der Waals surface area contributed by atoms with Crippen LogP contribution in [0.4, 0.5) is 5.69 Å². The Bertz CT molecular complexity index is 808. The van der Waals surface area contributed by atoms with E-state index in [0.717, 1.165) is 10.0 Å². The maximum atomic E-state index is 12.1. The minimum absolute atomic E-state index is 0.0449. The SMILES string of the molecule is Cc1cc(Br)ccc1NC(=O)COC(=O)[C@H]1COc2ccccc2O1. The Morgan fingerprint density at radius 1 is 1.24 bits per heavy atom. The topological polar surface area (TPSA) is 73.9 Å². The molecule has 7 heteroatoms. The third kappa shape index (κ3) is 4.30. The van der Waals surface area contributed by atoms with Crippen LogP contribution in [0.3, 0.4) is 0 Å². The van der Waals surface area contributed by atoms with Crippen LogP contribution < -0.4 is 14.8 Å². The molecule has 0 fully saturated rings. The van der Waals surface area contributed by atoms with Crippen LogP contribution >= 0.6 is 15.9 Å². The molecule has 0 bridgehead atoms. The molecule has 0 aliphatic carbocycles. The van der Waals surface area contributed by atoms with Crippen LogP contribution in [0, 0.1) is 6.92 Å². The van der Waals surface area contributed by atoms with E-state index in [1.807, 2.05) is 25.1 Å². The first-order valence-corrected chi connectivity index (χ1v) is 8.43. The molecule has 25 heavy (non-hydrogen) atoms. The summed E-state index contributed by atoms with van der Waals surface area (Å²) in [4.78, 5) is 24.0. The number of rotatable bonds is 4. The number of amides is 1. The number of halogens is 1. The van der Waals surface area contributed by atoms with E-state index in [4.69, 9.17) is 14.2 Å². The summed E-state index contributed by atoms with van der Waals surface area (Å²) in [6.45, 7) is 1.52. The van der Waals surface area contributed by atoms with Gasteiger partial charge in [0.05, 0.1) is 0 Å². The van der Waals surface area contributed by atoms with Crippen molar-refractivity contribution in [3.8, 4) is 11.5 Å². The van der Waals surface area contributed by atoms with Gasteiger partial charge in [0.25, 0.3) is 5.91 Å². The molecule has 0 saturated carbocycles. The minimum Gasteiger partial charge on any atom is -0.485 e. The molecule has 0 spiro atoms. The smallest absolute Gasteiger partial charge is 0.351 e. The Labute approximate surface area is 153 Å². The number of carbonyl (C=O) groups is 2. The second kappa shape index (κ2) is 7.57. The quantitative estimate of drug-likeness (QED) is 0.791. The van der Waals surface area contributed by atoms with Crippen LogP contribution in [0.25, 0.3) is 0 Å². The molecule has 3 rings (SSSR count). The second-order valence-electron chi connectivity index (χ2n) is 5.48. The van der Waals surface area contributed by atoms with Crippen LogP contribution in [-0.4, -0.2) is 31.2 Å². The number of ether oxygens (including phenoxy) is 3. The lowest BCUT2D eigenvalue weighted by Crippen LogP contribution is -2.39. The fraction of sp³-hybridized carbons (Fsp3) is 0.222. The average Bonchev–Trinajstić information content (AvgIpc) is 2.61. The third-order valence-corrected chi connectivity index (χ3v) is 4.07. The van der Waals surface area contributed by atoms with E-state index in [-0.39, 0.29) is 6.61 Å². The second-order valence-corrected chi connectivity index (χ2v) is 6.40. The van der Waals surface area contributed by atoms with Crippen molar-refractivity contribution in [2.24, 2.45) is 0 Å². The van der Waals surface area contributed by atoms with Crippen molar-refractivity contribution >= 4 is 33.5 Å². The summed E-state index contributed by atoms with van der Waals surface area (Å²) in [5, 5.41) is 2.70. The van der Waals surface area contributed by atoms with E-state index in [1.165, 1.54) is 0 Å². The zero-order chi connectivity index (χ0) is 17.8. The highest BCUT2D eigenvalue weighted by Gasteiger charge is 2.29. The molecule has 0 unspecified atom stereocenters. The van der Waals surface area contributed by atoms with E-state index in [2.05, 4.69) is 21.2 Å². The molecule has 0 saturated heterocycles. The van der Waals surface area contributed by atoms with E-state index in [0.29, 0.717) is 17.2 Å². The van der Waals surface area contributed by atoms with Crippen LogP contribution in [0.2, 0.25) is 0 Å². The van der Waals surface area contributed by atoms with Crippen LogP contribution in [0.1, 0.15) is 5.56 Å². The Kier molecular flexibility index (Phi) is 5.23. The summed E-state index contributed by atoms with van der Waals surface area (Å²) in [5.41, 5.74) is 1.56. The molecule has 6 nitrogen and oxygen atoms in total. The van der Waals surface area contributed by atoms with Gasteiger partial charge in [-0.1, -0.05) is 28.1 Å². The average molecular weight is 406 g/mol. The molecule has 0 aromatic heterocycles. The number of aryl methyl sites for hydroxylation is 1. The van der Waals surface area contributed by atoms with Gasteiger partial charge in [0.2, 0.25) is 6.10 Å². The fourth-order valence-corrected chi connectivity index (χ4v) is 2.79. The van der Waals surface area contributed by atoms with Gasteiger partial charge in [-0.15, -0.1) is 0 Å².